The minimum Gasteiger partial charge on any atom is -0.329 e. The van der Waals surface area contributed by atoms with Gasteiger partial charge in [0, 0.05) is 23.1 Å². The highest BCUT2D eigenvalue weighted by atomic mass is 79.9. The molecule has 1 aromatic rings. The Morgan fingerprint density at radius 1 is 1.39 bits per heavy atom. The van der Waals surface area contributed by atoms with E-state index in [0.29, 0.717) is 12.6 Å². The SMILES string of the molecule is CSCCC(C)N(C)C(CN)c1ccccc1Br. The molecular formula is C14H23BrN2S. The molecule has 0 amide bonds. The van der Waals surface area contributed by atoms with Crippen LogP contribution in [0.2, 0.25) is 0 Å². The van der Waals surface area contributed by atoms with Crippen LogP contribution >= 0.6 is 27.7 Å². The van der Waals surface area contributed by atoms with Gasteiger partial charge in [-0.2, -0.15) is 11.8 Å². The third kappa shape index (κ3) is 4.26. The van der Waals surface area contributed by atoms with Crippen molar-refractivity contribution in [3.8, 4) is 0 Å². The summed E-state index contributed by atoms with van der Waals surface area (Å²) in [7, 11) is 2.17. The maximum Gasteiger partial charge on any atom is 0.0481 e. The van der Waals surface area contributed by atoms with Crippen LogP contribution in [0.1, 0.15) is 24.9 Å². The van der Waals surface area contributed by atoms with E-state index in [1.165, 1.54) is 17.7 Å². The van der Waals surface area contributed by atoms with Gasteiger partial charge in [0.15, 0.2) is 0 Å². The topological polar surface area (TPSA) is 29.3 Å². The molecule has 102 valence electrons. The molecule has 18 heavy (non-hydrogen) atoms. The van der Waals surface area contributed by atoms with E-state index in [9.17, 15) is 0 Å². The van der Waals surface area contributed by atoms with E-state index in [1.807, 2.05) is 17.8 Å². The van der Waals surface area contributed by atoms with Crippen LogP contribution in [-0.4, -0.2) is 36.5 Å². The summed E-state index contributed by atoms with van der Waals surface area (Å²) in [6.45, 7) is 2.92. The van der Waals surface area contributed by atoms with E-state index >= 15 is 0 Å². The predicted molar refractivity (Wildman–Crippen MR) is 86.2 cm³/mol. The molecule has 0 fully saturated rings. The number of benzene rings is 1. The number of halogens is 1. The van der Waals surface area contributed by atoms with E-state index in [1.54, 1.807) is 0 Å². The molecule has 2 nitrogen and oxygen atoms in total. The largest absolute Gasteiger partial charge is 0.329 e. The molecule has 4 heteroatoms. The molecule has 0 radical (unpaired) electrons. The Morgan fingerprint density at radius 3 is 2.61 bits per heavy atom. The summed E-state index contributed by atoms with van der Waals surface area (Å²) in [6.07, 6.45) is 3.35. The zero-order valence-corrected chi connectivity index (χ0v) is 13.8. The van der Waals surface area contributed by atoms with Crippen molar-refractivity contribution in [3.63, 3.8) is 0 Å². The first-order valence-corrected chi connectivity index (χ1v) is 8.45. The second kappa shape index (κ2) is 8.20. The minimum atomic E-state index is 0.275. The highest BCUT2D eigenvalue weighted by Gasteiger charge is 2.21. The molecular weight excluding hydrogens is 308 g/mol. The molecule has 0 spiro atoms. The average Bonchev–Trinajstić information content (AvgIpc) is 2.38. The Labute approximate surface area is 123 Å². The fraction of sp³-hybridized carbons (Fsp3) is 0.571. The fourth-order valence-electron chi connectivity index (χ4n) is 2.06. The first kappa shape index (κ1) is 16.0. The summed E-state index contributed by atoms with van der Waals surface area (Å²) in [6, 6.07) is 9.16. The van der Waals surface area contributed by atoms with Gasteiger partial charge in [-0.15, -0.1) is 0 Å². The second-order valence-electron chi connectivity index (χ2n) is 4.57. The van der Waals surface area contributed by atoms with Gasteiger partial charge in [-0.05, 0) is 44.0 Å². The maximum absolute atomic E-state index is 5.97. The third-order valence-corrected chi connectivity index (χ3v) is 4.78. The van der Waals surface area contributed by atoms with Gasteiger partial charge in [-0.25, -0.2) is 0 Å². The Kier molecular flexibility index (Phi) is 7.30. The van der Waals surface area contributed by atoms with Gasteiger partial charge >= 0.3 is 0 Å². The van der Waals surface area contributed by atoms with Gasteiger partial charge in [-0.3, -0.25) is 4.90 Å². The Bertz CT molecular complexity index is 359. The smallest absolute Gasteiger partial charge is 0.0481 e. The van der Waals surface area contributed by atoms with Gasteiger partial charge in [-0.1, -0.05) is 34.1 Å². The minimum absolute atomic E-state index is 0.275. The second-order valence-corrected chi connectivity index (χ2v) is 6.41. The van der Waals surface area contributed by atoms with Crippen LogP contribution < -0.4 is 5.73 Å². The third-order valence-electron chi connectivity index (χ3n) is 3.41. The summed E-state index contributed by atoms with van der Waals surface area (Å²) >= 11 is 5.52. The van der Waals surface area contributed by atoms with E-state index in [0.717, 1.165) is 4.47 Å². The molecule has 2 atom stereocenters. The molecule has 2 N–H and O–H groups in total. The van der Waals surface area contributed by atoms with Gasteiger partial charge in [0.05, 0.1) is 0 Å². The first-order chi connectivity index (χ1) is 8.61. The Morgan fingerprint density at radius 2 is 2.06 bits per heavy atom. The van der Waals surface area contributed by atoms with Crippen LogP contribution in [-0.2, 0) is 0 Å². The molecule has 2 unspecified atom stereocenters. The summed E-state index contributed by atoms with van der Waals surface area (Å²) in [5.41, 5.74) is 7.25. The van der Waals surface area contributed by atoms with Crippen molar-refractivity contribution in [2.75, 3.05) is 25.6 Å². The average molecular weight is 331 g/mol. The molecule has 1 rings (SSSR count). The lowest BCUT2D eigenvalue weighted by Gasteiger charge is -2.33. The van der Waals surface area contributed by atoms with Crippen LogP contribution in [0.3, 0.4) is 0 Å². The van der Waals surface area contributed by atoms with Crippen molar-refractivity contribution in [2.45, 2.75) is 25.4 Å². The van der Waals surface area contributed by atoms with Gasteiger partial charge < -0.3 is 5.73 Å². The molecule has 0 aliphatic heterocycles. The number of nitrogens with zero attached hydrogens (tertiary/aromatic N) is 1. The van der Waals surface area contributed by atoms with Crippen molar-refractivity contribution < 1.29 is 0 Å². The van der Waals surface area contributed by atoms with Crippen LogP contribution in [0.5, 0.6) is 0 Å². The van der Waals surface area contributed by atoms with Crippen LogP contribution in [0.4, 0.5) is 0 Å². The standard InChI is InChI=1S/C14H23BrN2S/c1-11(8-9-18-3)17(2)14(10-16)12-6-4-5-7-13(12)15/h4-7,11,14H,8-10,16H2,1-3H3. The Hall–Kier alpha value is -0.0300. The molecule has 1 aromatic carbocycles. The molecule has 0 aliphatic rings. The predicted octanol–water partition coefficient (Wildman–Crippen LogP) is 3.52. The summed E-state index contributed by atoms with van der Waals surface area (Å²) in [4.78, 5) is 2.39. The first-order valence-electron chi connectivity index (χ1n) is 6.27. The zero-order valence-electron chi connectivity index (χ0n) is 11.4. The summed E-state index contributed by atoms with van der Waals surface area (Å²) in [5, 5.41) is 0. The molecule has 0 heterocycles. The van der Waals surface area contributed by atoms with Gasteiger partial charge in [0.25, 0.3) is 0 Å². The monoisotopic (exact) mass is 330 g/mol. The van der Waals surface area contributed by atoms with Crippen LogP contribution in [0, 0.1) is 0 Å². The summed E-state index contributed by atoms with van der Waals surface area (Å²) < 4.78 is 1.14. The number of rotatable bonds is 7. The maximum atomic E-state index is 5.97. The van der Waals surface area contributed by atoms with Crippen LogP contribution in [0.15, 0.2) is 28.7 Å². The van der Waals surface area contributed by atoms with Crippen molar-refractivity contribution in [2.24, 2.45) is 5.73 Å². The number of hydrogen-bond acceptors (Lipinski definition) is 3. The number of nitrogens with two attached hydrogens (primary N) is 1. The Balaban J connectivity index is 2.80. The van der Waals surface area contributed by atoms with E-state index in [-0.39, 0.29) is 6.04 Å². The highest BCUT2D eigenvalue weighted by Crippen LogP contribution is 2.28. The molecule has 0 saturated heterocycles. The van der Waals surface area contributed by atoms with E-state index in [4.69, 9.17) is 5.73 Å². The lowest BCUT2D eigenvalue weighted by atomic mass is 10.0. The van der Waals surface area contributed by atoms with Crippen LogP contribution in [0.25, 0.3) is 0 Å². The summed E-state index contributed by atoms with van der Waals surface area (Å²) in [5.74, 6) is 1.19. The van der Waals surface area contributed by atoms with E-state index in [2.05, 4.69) is 59.3 Å². The van der Waals surface area contributed by atoms with Crippen molar-refractivity contribution in [1.82, 2.24) is 4.90 Å². The lowest BCUT2D eigenvalue weighted by Crippen LogP contribution is -2.37. The number of likely N-dealkylation sites (N-methyl/N-ethyl adjacent to an activating group) is 1. The highest BCUT2D eigenvalue weighted by molar-refractivity contribution is 9.10. The van der Waals surface area contributed by atoms with Crippen molar-refractivity contribution in [1.29, 1.82) is 0 Å². The van der Waals surface area contributed by atoms with E-state index < -0.39 is 0 Å². The molecule has 0 bridgehead atoms. The normalized spacial score (nSPS) is 14.8. The fourth-order valence-corrected chi connectivity index (χ4v) is 3.18. The van der Waals surface area contributed by atoms with Crippen molar-refractivity contribution in [3.05, 3.63) is 34.3 Å². The van der Waals surface area contributed by atoms with Crippen molar-refractivity contribution >= 4 is 27.7 Å². The van der Waals surface area contributed by atoms with Gasteiger partial charge in [0.1, 0.15) is 0 Å². The lowest BCUT2D eigenvalue weighted by molar-refractivity contribution is 0.185. The number of hydrogen-bond donors (Lipinski definition) is 1. The van der Waals surface area contributed by atoms with Gasteiger partial charge in [0.2, 0.25) is 0 Å². The molecule has 0 aliphatic carbocycles. The molecule has 0 saturated carbocycles. The molecule has 0 aromatic heterocycles. The number of thioether (sulfide) groups is 1. The zero-order chi connectivity index (χ0) is 13.5. The quantitative estimate of drug-likeness (QED) is 0.829.